The molecule has 0 radical (unpaired) electrons. The van der Waals surface area contributed by atoms with Crippen molar-refractivity contribution in [3.8, 4) is 5.75 Å². The number of hydrogen-bond donors (Lipinski definition) is 1. The van der Waals surface area contributed by atoms with Gasteiger partial charge in [0, 0.05) is 0 Å². The first-order chi connectivity index (χ1) is 6.63. The number of benzene rings is 1. The Balaban J connectivity index is 2.59. The first-order valence-electron chi connectivity index (χ1n) is 5.01. The third-order valence-corrected chi connectivity index (χ3v) is 2.23. The Labute approximate surface area is 85.5 Å². The number of hydrogen-bond acceptors (Lipinski definition) is 2. The van der Waals surface area contributed by atoms with Crippen molar-refractivity contribution in [3.63, 3.8) is 0 Å². The van der Waals surface area contributed by atoms with Crippen molar-refractivity contribution in [2.75, 3.05) is 6.61 Å². The largest absolute Gasteiger partial charge is 0.491 e. The van der Waals surface area contributed by atoms with E-state index in [1.165, 1.54) is 5.56 Å². The maximum absolute atomic E-state index is 9.34. The molecule has 2 heteroatoms. The lowest BCUT2D eigenvalue weighted by molar-refractivity contribution is 0.104. The van der Waals surface area contributed by atoms with Crippen LogP contribution >= 0.6 is 0 Å². The Morgan fingerprint density at radius 2 is 2.07 bits per heavy atom. The van der Waals surface area contributed by atoms with Crippen LogP contribution in [-0.2, 0) is 0 Å². The van der Waals surface area contributed by atoms with Gasteiger partial charge in [0.1, 0.15) is 12.4 Å². The van der Waals surface area contributed by atoms with Gasteiger partial charge < -0.3 is 9.84 Å². The third-order valence-electron chi connectivity index (χ3n) is 2.23. The van der Waals surface area contributed by atoms with E-state index in [9.17, 15) is 5.11 Å². The molecule has 2 nitrogen and oxygen atoms in total. The second-order valence-electron chi connectivity index (χ2n) is 3.64. The SMILES string of the molecule is CCC(O)COc1ccc(C)cc1C. The summed E-state index contributed by atoms with van der Waals surface area (Å²) in [6.07, 6.45) is 0.362. The van der Waals surface area contributed by atoms with Gasteiger partial charge in [-0.25, -0.2) is 0 Å². The summed E-state index contributed by atoms with van der Waals surface area (Å²) in [7, 11) is 0. The Hall–Kier alpha value is -1.02. The van der Waals surface area contributed by atoms with Crippen LogP contribution in [-0.4, -0.2) is 17.8 Å². The molecule has 1 aromatic carbocycles. The minimum atomic E-state index is -0.365. The number of aliphatic hydroxyl groups excluding tert-OH is 1. The van der Waals surface area contributed by atoms with Crippen LogP contribution in [0.4, 0.5) is 0 Å². The minimum Gasteiger partial charge on any atom is -0.491 e. The summed E-state index contributed by atoms with van der Waals surface area (Å²) in [6.45, 7) is 6.38. The maximum Gasteiger partial charge on any atom is 0.122 e. The van der Waals surface area contributed by atoms with Crippen LogP contribution in [0.3, 0.4) is 0 Å². The molecule has 1 rings (SSSR count). The van der Waals surface area contributed by atoms with Crippen LogP contribution < -0.4 is 4.74 Å². The molecule has 0 aliphatic carbocycles. The summed E-state index contributed by atoms with van der Waals surface area (Å²) < 4.78 is 5.49. The molecule has 0 aliphatic heterocycles. The zero-order chi connectivity index (χ0) is 10.6. The lowest BCUT2D eigenvalue weighted by atomic mass is 10.1. The molecule has 0 heterocycles. The van der Waals surface area contributed by atoms with Gasteiger partial charge in [0.05, 0.1) is 6.10 Å². The van der Waals surface area contributed by atoms with Crippen molar-refractivity contribution >= 4 is 0 Å². The van der Waals surface area contributed by atoms with E-state index in [-0.39, 0.29) is 6.10 Å². The van der Waals surface area contributed by atoms with E-state index in [0.717, 1.165) is 17.7 Å². The van der Waals surface area contributed by atoms with Crippen molar-refractivity contribution in [2.24, 2.45) is 0 Å². The summed E-state index contributed by atoms with van der Waals surface area (Å²) in [4.78, 5) is 0. The Kier molecular flexibility index (Phi) is 3.96. The summed E-state index contributed by atoms with van der Waals surface area (Å²) in [5.41, 5.74) is 2.35. The van der Waals surface area contributed by atoms with E-state index in [0.29, 0.717) is 6.61 Å². The molecular weight excluding hydrogens is 176 g/mol. The minimum absolute atomic E-state index is 0.365. The van der Waals surface area contributed by atoms with Gasteiger partial charge in [0.2, 0.25) is 0 Å². The quantitative estimate of drug-likeness (QED) is 0.797. The van der Waals surface area contributed by atoms with Crippen LogP contribution in [0.5, 0.6) is 5.75 Å². The smallest absolute Gasteiger partial charge is 0.122 e. The van der Waals surface area contributed by atoms with E-state index in [4.69, 9.17) is 4.74 Å². The molecule has 0 amide bonds. The molecule has 1 atom stereocenters. The average Bonchev–Trinajstić information content (AvgIpc) is 2.16. The number of aryl methyl sites for hydroxylation is 2. The Morgan fingerprint density at radius 1 is 1.36 bits per heavy atom. The lowest BCUT2D eigenvalue weighted by Crippen LogP contribution is -2.16. The van der Waals surface area contributed by atoms with E-state index in [1.807, 2.05) is 26.0 Å². The summed E-state index contributed by atoms with van der Waals surface area (Å²) in [5.74, 6) is 0.864. The zero-order valence-corrected chi connectivity index (χ0v) is 9.08. The van der Waals surface area contributed by atoms with Gasteiger partial charge in [0.15, 0.2) is 0 Å². The predicted molar refractivity (Wildman–Crippen MR) is 57.7 cm³/mol. The fourth-order valence-electron chi connectivity index (χ4n) is 1.27. The first kappa shape index (κ1) is 11.1. The molecule has 1 N–H and O–H groups in total. The molecule has 0 spiro atoms. The molecule has 0 aromatic heterocycles. The molecule has 0 saturated carbocycles. The Bertz CT molecular complexity index is 294. The molecule has 0 aliphatic rings. The second-order valence-corrected chi connectivity index (χ2v) is 3.64. The van der Waals surface area contributed by atoms with Crippen LogP contribution in [0.2, 0.25) is 0 Å². The zero-order valence-electron chi connectivity index (χ0n) is 9.08. The lowest BCUT2D eigenvalue weighted by Gasteiger charge is -2.12. The molecule has 0 saturated heterocycles. The van der Waals surface area contributed by atoms with Gasteiger partial charge >= 0.3 is 0 Å². The monoisotopic (exact) mass is 194 g/mol. The molecule has 0 bridgehead atoms. The average molecular weight is 194 g/mol. The van der Waals surface area contributed by atoms with Crippen LogP contribution in [0.1, 0.15) is 24.5 Å². The number of ether oxygens (including phenoxy) is 1. The number of rotatable bonds is 4. The highest BCUT2D eigenvalue weighted by molar-refractivity contribution is 5.35. The van der Waals surface area contributed by atoms with E-state index >= 15 is 0 Å². The number of aliphatic hydroxyl groups is 1. The van der Waals surface area contributed by atoms with Crippen LogP contribution in [0.15, 0.2) is 18.2 Å². The normalized spacial score (nSPS) is 12.6. The Morgan fingerprint density at radius 3 is 2.64 bits per heavy atom. The van der Waals surface area contributed by atoms with Gasteiger partial charge in [-0.15, -0.1) is 0 Å². The van der Waals surface area contributed by atoms with Gasteiger partial charge in [-0.3, -0.25) is 0 Å². The topological polar surface area (TPSA) is 29.5 Å². The van der Waals surface area contributed by atoms with E-state index in [2.05, 4.69) is 13.0 Å². The summed E-state index contributed by atoms with van der Waals surface area (Å²) in [6, 6.07) is 6.04. The molecule has 78 valence electrons. The van der Waals surface area contributed by atoms with Crippen molar-refractivity contribution in [2.45, 2.75) is 33.3 Å². The molecular formula is C12H18O2. The maximum atomic E-state index is 9.34. The fourth-order valence-corrected chi connectivity index (χ4v) is 1.27. The van der Waals surface area contributed by atoms with Crippen molar-refractivity contribution < 1.29 is 9.84 Å². The predicted octanol–water partition coefficient (Wildman–Crippen LogP) is 2.45. The van der Waals surface area contributed by atoms with Crippen LogP contribution in [0, 0.1) is 13.8 Å². The standard InChI is InChI=1S/C12H18O2/c1-4-11(13)8-14-12-6-5-9(2)7-10(12)3/h5-7,11,13H,4,8H2,1-3H3. The molecule has 1 unspecified atom stereocenters. The molecule has 14 heavy (non-hydrogen) atoms. The van der Waals surface area contributed by atoms with Gasteiger partial charge in [-0.05, 0) is 31.9 Å². The van der Waals surface area contributed by atoms with Gasteiger partial charge in [0.25, 0.3) is 0 Å². The van der Waals surface area contributed by atoms with Gasteiger partial charge in [-0.1, -0.05) is 24.6 Å². The van der Waals surface area contributed by atoms with Crippen molar-refractivity contribution in [3.05, 3.63) is 29.3 Å². The first-order valence-corrected chi connectivity index (χ1v) is 5.01. The van der Waals surface area contributed by atoms with Crippen molar-refractivity contribution in [1.82, 2.24) is 0 Å². The fraction of sp³-hybridized carbons (Fsp3) is 0.500. The second kappa shape index (κ2) is 5.01. The molecule has 1 aromatic rings. The van der Waals surface area contributed by atoms with Gasteiger partial charge in [-0.2, -0.15) is 0 Å². The van der Waals surface area contributed by atoms with Crippen molar-refractivity contribution in [1.29, 1.82) is 0 Å². The summed E-state index contributed by atoms with van der Waals surface area (Å²) in [5, 5.41) is 9.34. The van der Waals surface area contributed by atoms with Crippen LogP contribution in [0.25, 0.3) is 0 Å². The molecule has 0 fully saturated rings. The summed E-state index contributed by atoms with van der Waals surface area (Å²) >= 11 is 0. The third kappa shape index (κ3) is 3.04. The highest BCUT2D eigenvalue weighted by Gasteiger charge is 2.03. The van der Waals surface area contributed by atoms with E-state index < -0.39 is 0 Å². The van der Waals surface area contributed by atoms with E-state index in [1.54, 1.807) is 0 Å². The highest BCUT2D eigenvalue weighted by atomic mass is 16.5. The highest BCUT2D eigenvalue weighted by Crippen LogP contribution is 2.18.